The van der Waals surface area contributed by atoms with Gasteiger partial charge in [-0.3, -0.25) is 0 Å². The first-order chi connectivity index (χ1) is 3.04. The van der Waals surface area contributed by atoms with E-state index in [-0.39, 0.29) is 0 Å². The second kappa shape index (κ2) is 1.17. The van der Waals surface area contributed by atoms with Crippen molar-refractivity contribution < 1.29 is 14.1 Å². The first-order valence-electron chi connectivity index (χ1n) is 2.94. The summed E-state index contributed by atoms with van der Waals surface area (Å²) in [6.45, 7) is 1.94. The molecule has 0 radical (unpaired) electrons. The van der Waals surface area contributed by atoms with Crippen molar-refractivity contribution in [3.8, 4) is 0 Å². The van der Waals surface area contributed by atoms with Gasteiger partial charge < -0.3 is 0 Å². The van der Waals surface area contributed by atoms with Crippen LogP contribution in [0.1, 0.15) is 6.92 Å². The number of nitrogens with two attached hydrogens (primary N) is 2. The Balaban J connectivity index is 5.15. The van der Waals surface area contributed by atoms with Crippen LogP contribution < -0.4 is 8.43 Å². The second-order valence-electron chi connectivity index (χ2n) is 4.89. The van der Waals surface area contributed by atoms with E-state index in [4.69, 9.17) is 8.43 Å². The van der Waals surface area contributed by atoms with Gasteiger partial charge in [-0.25, -0.2) is 0 Å². The summed E-state index contributed by atoms with van der Waals surface area (Å²) in [5.41, 5.74) is 0. The topological polar surface area (TPSA) is 52.0 Å². The van der Waals surface area contributed by atoms with Crippen LogP contribution in [0.2, 0.25) is 15.7 Å². The Bertz CT molecular complexity index is 150. The number of hydrogen-bond donors (Lipinski definition) is 2. The molecule has 0 aliphatic rings. The Morgan fingerprint density at radius 2 is 1.25 bits per heavy atom. The normalized spacial score (nSPS) is 21.2. The second-order valence-corrected chi connectivity index (χ2v) is 20.1. The Kier molecular flexibility index (Phi) is 1.24. The molecule has 51 valence electrons. The fourth-order valence-electron chi connectivity index (χ4n) is 0. The van der Waals surface area contributed by atoms with Crippen molar-refractivity contribution in [2.75, 3.05) is 0 Å². The molecule has 0 aromatic carbocycles. The van der Waals surface area contributed by atoms with E-state index in [0.717, 1.165) is 0 Å². The first kappa shape index (κ1) is 8.50. The summed E-state index contributed by atoms with van der Waals surface area (Å²) in [4.78, 5) is 0. The van der Waals surface area contributed by atoms with Crippen LogP contribution in [0.5, 0.6) is 0 Å². The van der Waals surface area contributed by atoms with Gasteiger partial charge in [0.1, 0.15) is 0 Å². The summed E-state index contributed by atoms with van der Waals surface area (Å²) in [5, 5.41) is 5.92. The van der Waals surface area contributed by atoms with Gasteiger partial charge in [-0.15, -0.1) is 0 Å². The molecule has 0 bridgehead atoms. The SMILES string of the molecule is C[CH]=[Ti]([CH3])([CH3])([CH3])([NH2])[NH2]. The van der Waals surface area contributed by atoms with Crippen LogP contribution in [-0.2, 0) is 14.1 Å². The van der Waals surface area contributed by atoms with Gasteiger partial charge >= 0.3 is 49.4 Å². The fourth-order valence-corrected chi connectivity index (χ4v) is 0. The number of rotatable bonds is 0. The van der Waals surface area contributed by atoms with Crippen molar-refractivity contribution >= 4 is 4.31 Å². The third kappa shape index (κ3) is 6.50. The molecule has 0 aromatic rings. The van der Waals surface area contributed by atoms with E-state index in [2.05, 4.69) is 0 Å². The predicted molar refractivity (Wildman–Crippen MR) is 37.7 cm³/mol. The summed E-state index contributed by atoms with van der Waals surface area (Å²) >= 11 is -3.35. The molecule has 0 aromatic heterocycles. The van der Waals surface area contributed by atoms with E-state index < -0.39 is 14.1 Å². The Morgan fingerprint density at radius 1 is 1.12 bits per heavy atom. The summed E-state index contributed by atoms with van der Waals surface area (Å²) < 4.78 is 13.8. The van der Waals surface area contributed by atoms with Crippen LogP contribution in [0.25, 0.3) is 0 Å². The maximum absolute atomic E-state index is 5.93. The van der Waals surface area contributed by atoms with Crippen molar-refractivity contribution in [3.63, 3.8) is 0 Å². The molecule has 8 heavy (non-hydrogen) atoms. The van der Waals surface area contributed by atoms with Crippen LogP contribution >= 0.6 is 0 Å². The molecular weight excluding hydrogens is 136 g/mol. The third-order valence-corrected chi connectivity index (χ3v) is 4.95. The number of hydrogen-bond acceptors (Lipinski definition) is 2. The zero-order valence-corrected chi connectivity index (χ0v) is 7.79. The molecule has 0 atom stereocenters. The molecule has 0 aliphatic carbocycles. The van der Waals surface area contributed by atoms with E-state index in [0.29, 0.717) is 0 Å². The van der Waals surface area contributed by atoms with Crippen LogP contribution in [0.3, 0.4) is 0 Å². The fraction of sp³-hybridized carbons (Fsp3) is 0.800. The minimum absolute atomic E-state index is 1.94. The van der Waals surface area contributed by atoms with Gasteiger partial charge in [-0.05, 0) is 0 Å². The Morgan fingerprint density at radius 3 is 1.25 bits per heavy atom. The van der Waals surface area contributed by atoms with Crippen molar-refractivity contribution in [3.05, 3.63) is 0 Å². The van der Waals surface area contributed by atoms with Gasteiger partial charge in [0, 0.05) is 0 Å². The van der Waals surface area contributed by atoms with E-state index in [1.54, 1.807) is 0 Å². The quantitative estimate of drug-likeness (QED) is 0.508. The molecule has 0 amide bonds. The molecule has 0 heterocycles. The van der Waals surface area contributed by atoms with Crippen LogP contribution in [-0.4, -0.2) is 4.31 Å². The summed E-state index contributed by atoms with van der Waals surface area (Å²) in [6.07, 6.45) is 0. The third-order valence-electron chi connectivity index (χ3n) is 1.20. The average Bonchev–Trinajstić information content (AvgIpc) is 1.30. The van der Waals surface area contributed by atoms with Crippen molar-refractivity contribution in [1.29, 1.82) is 0 Å². The zero-order valence-electron chi connectivity index (χ0n) is 6.23. The molecular formula is C5H17N2Ti. The van der Waals surface area contributed by atoms with E-state index in [1.807, 2.05) is 26.9 Å². The molecule has 0 spiro atoms. The summed E-state index contributed by atoms with van der Waals surface area (Å²) in [6, 6.07) is 0. The zero-order chi connectivity index (χ0) is 7.12. The molecule has 0 saturated carbocycles. The van der Waals surface area contributed by atoms with Gasteiger partial charge in [0.25, 0.3) is 0 Å². The molecule has 3 heteroatoms. The Hall–Kier alpha value is 0.504. The summed E-state index contributed by atoms with van der Waals surface area (Å²) in [5.74, 6) is 0. The molecule has 2 nitrogen and oxygen atoms in total. The van der Waals surface area contributed by atoms with Crippen molar-refractivity contribution in [2.24, 2.45) is 8.43 Å². The molecule has 4 N–H and O–H groups in total. The van der Waals surface area contributed by atoms with Gasteiger partial charge in [0.05, 0.1) is 0 Å². The van der Waals surface area contributed by atoms with Crippen LogP contribution in [0.4, 0.5) is 0 Å². The van der Waals surface area contributed by atoms with E-state index >= 15 is 0 Å². The van der Waals surface area contributed by atoms with Crippen LogP contribution in [0, 0.1) is 0 Å². The van der Waals surface area contributed by atoms with Crippen LogP contribution in [0.15, 0.2) is 0 Å². The standard InChI is InChI=1S/C2H4.3CH3.2H2N.Ti/c1-2;;;;;;/h1H,2H3;3*1H3;2*1H2;/q;;;;2*-1;+2. The molecule has 0 rings (SSSR count). The van der Waals surface area contributed by atoms with E-state index in [9.17, 15) is 0 Å². The van der Waals surface area contributed by atoms with Gasteiger partial charge in [-0.2, -0.15) is 0 Å². The van der Waals surface area contributed by atoms with Gasteiger partial charge in [-0.1, -0.05) is 0 Å². The van der Waals surface area contributed by atoms with Gasteiger partial charge in [0.2, 0.25) is 0 Å². The summed E-state index contributed by atoms with van der Waals surface area (Å²) in [7, 11) is 0. The first-order valence-corrected chi connectivity index (χ1v) is 10.3. The Labute approximate surface area is 49.8 Å². The maximum atomic E-state index is 5.93. The molecule has 0 saturated heterocycles. The van der Waals surface area contributed by atoms with Crippen molar-refractivity contribution in [2.45, 2.75) is 22.6 Å². The molecule has 0 unspecified atom stereocenters. The molecule has 0 fully saturated rings. The van der Waals surface area contributed by atoms with Crippen molar-refractivity contribution in [1.82, 2.24) is 0 Å². The van der Waals surface area contributed by atoms with Gasteiger partial charge in [0.15, 0.2) is 0 Å². The monoisotopic (exact) mass is 153 g/mol. The molecule has 0 aliphatic heterocycles. The average molecular weight is 153 g/mol. The predicted octanol–water partition coefficient (Wildman–Crippen LogP) is 0.926. The van der Waals surface area contributed by atoms with E-state index in [1.165, 1.54) is 0 Å². The minimum atomic E-state index is -3.35.